The molecule has 1 aliphatic rings. The van der Waals surface area contributed by atoms with Crippen LogP contribution >= 0.6 is 0 Å². The van der Waals surface area contributed by atoms with E-state index >= 15 is 0 Å². The monoisotopic (exact) mass is 349 g/mol. The minimum Gasteiger partial charge on any atom is -0.266 e. The van der Waals surface area contributed by atoms with E-state index in [9.17, 15) is 8.42 Å². The molecule has 0 unspecified atom stereocenters. The highest BCUT2D eigenvalue weighted by Gasteiger charge is 2.30. The first-order chi connectivity index (χ1) is 11.4. The average Bonchev–Trinajstić information content (AvgIpc) is 3.01. The van der Waals surface area contributed by atoms with Gasteiger partial charge in [0.1, 0.15) is 0 Å². The van der Waals surface area contributed by atoms with Gasteiger partial charge in [-0.15, -0.1) is 0 Å². The summed E-state index contributed by atoms with van der Waals surface area (Å²) in [6.07, 6.45) is 3.33. The zero-order valence-electron chi connectivity index (χ0n) is 14.3. The largest absolute Gasteiger partial charge is 0.281 e. The maximum atomic E-state index is 12.2. The van der Waals surface area contributed by atoms with Crippen molar-refractivity contribution in [3.05, 3.63) is 36.2 Å². The maximum Gasteiger partial charge on any atom is 0.281 e. The van der Waals surface area contributed by atoms with Gasteiger partial charge in [-0.05, 0) is 31.0 Å². The van der Waals surface area contributed by atoms with Crippen molar-refractivity contribution in [2.24, 2.45) is 7.05 Å². The molecule has 0 aromatic carbocycles. The first-order valence-corrected chi connectivity index (χ1v) is 9.42. The summed E-state index contributed by atoms with van der Waals surface area (Å²) in [5.41, 5.74) is 2.90. The molecular formula is C16H23N5O2S. The lowest BCUT2D eigenvalue weighted by molar-refractivity contribution is 0.300. The van der Waals surface area contributed by atoms with E-state index in [1.54, 1.807) is 29.3 Å². The molecule has 7 nitrogen and oxygen atoms in total. The number of pyridine rings is 1. The van der Waals surface area contributed by atoms with Crippen molar-refractivity contribution in [1.82, 2.24) is 23.4 Å². The molecular weight excluding hydrogens is 326 g/mol. The third-order valence-electron chi connectivity index (χ3n) is 4.51. The topological polar surface area (TPSA) is 71.3 Å². The van der Waals surface area contributed by atoms with Crippen LogP contribution in [-0.2, 0) is 17.3 Å². The Morgan fingerprint density at radius 1 is 1.17 bits per heavy atom. The lowest BCUT2D eigenvalue weighted by Gasteiger charge is -2.32. The third-order valence-corrected chi connectivity index (χ3v) is 6.45. The summed E-state index contributed by atoms with van der Waals surface area (Å²) in [5, 5.41) is 4.19. The molecule has 8 heteroatoms. The molecule has 1 fully saturated rings. The molecule has 0 N–H and O–H groups in total. The quantitative estimate of drug-likeness (QED) is 0.838. The fourth-order valence-corrected chi connectivity index (χ4v) is 4.19. The Kier molecular flexibility index (Phi) is 4.71. The first-order valence-electron chi connectivity index (χ1n) is 8.02. The van der Waals surface area contributed by atoms with Gasteiger partial charge in [-0.1, -0.05) is 6.07 Å². The van der Waals surface area contributed by atoms with E-state index in [1.165, 1.54) is 4.31 Å². The molecule has 130 valence electrons. The minimum atomic E-state index is -3.32. The van der Waals surface area contributed by atoms with Crippen LogP contribution in [0.15, 0.2) is 30.5 Å². The normalized spacial score (nSPS) is 17.5. The van der Waals surface area contributed by atoms with Gasteiger partial charge in [0.05, 0.1) is 11.4 Å². The van der Waals surface area contributed by atoms with Crippen molar-refractivity contribution in [2.75, 3.05) is 27.2 Å². The number of hydrogen-bond donors (Lipinski definition) is 0. The van der Waals surface area contributed by atoms with Crippen molar-refractivity contribution < 1.29 is 8.42 Å². The highest BCUT2D eigenvalue weighted by Crippen LogP contribution is 2.29. The Hall–Kier alpha value is -1.77. The Morgan fingerprint density at radius 2 is 1.88 bits per heavy atom. The molecule has 0 atom stereocenters. The highest BCUT2D eigenvalue weighted by molar-refractivity contribution is 7.86. The number of aromatic nitrogens is 3. The van der Waals surface area contributed by atoms with Gasteiger partial charge in [-0.3, -0.25) is 9.67 Å². The van der Waals surface area contributed by atoms with E-state index < -0.39 is 10.2 Å². The summed E-state index contributed by atoms with van der Waals surface area (Å²) >= 11 is 0. The molecule has 2 aromatic rings. The van der Waals surface area contributed by atoms with Crippen LogP contribution in [0.25, 0.3) is 11.4 Å². The second-order valence-electron chi connectivity index (χ2n) is 6.25. The van der Waals surface area contributed by atoms with Crippen LogP contribution in [0.2, 0.25) is 0 Å². The molecule has 0 radical (unpaired) electrons. The summed E-state index contributed by atoms with van der Waals surface area (Å²) < 4.78 is 29.0. The maximum absolute atomic E-state index is 12.2. The van der Waals surface area contributed by atoms with Gasteiger partial charge >= 0.3 is 0 Å². The second-order valence-corrected chi connectivity index (χ2v) is 8.39. The molecule has 0 saturated carbocycles. The van der Waals surface area contributed by atoms with Gasteiger partial charge < -0.3 is 0 Å². The first kappa shape index (κ1) is 17.1. The van der Waals surface area contributed by atoms with E-state index in [0.29, 0.717) is 13.1 Å². The molecule has 0 amide bonds. The van der Waals surface area contributed by atoms with Gasteiger partial charge in [-0.2, -0.15) is 22.1 Å². The summed E-state index contributed by atoms with van der Waals surface area (Å²) in [7, 11) is 1.72. The van der Waals surface area contributed by atoms with Crippen LogP contribution in [0.1, 0.15) is 24.5 Å². The van der Waals surface area contributed by atoms with Crippen LogP contribution in [0.5, 0.6) is 0 Å². The standard InChI is InChI=1S/C16H23N5O2S/c1-19(2)24(22,23)21-11-8-13(9-12-21)14-5-4-6-15(18-14)16-7-10-17-20(16)3/h4-7,10,13H,8-9,11-12H2,1-3H3. The molecule has 1 saturated heterocycles. The summed E-state index contributed by atoms with van der Waals surface area (Å²) in [5.74, 6) is 0.284. The highest BCUT2D eigenvalue weighted by atomic mass is 32.2. The van der Waals surface area contributed by atoms with Crippen LogP contribution in [-0.4, -0.2) is 59.0 Å². The number of aryl methyl sites for hydroxylation is 1. The van der Waals surface area contributed by atoms with Crippen molar-refractivity contribution in [3.8, 4) is 11.4 Å². The van der Waals surface area contributed by atoms with Gasteiger partial charge in [0.15, 0.2) is 0 Å². The molecule has 0 bridgehead atoms. The number of piperidine rings is 1. The predicted octanol–water partition coefficient (Wildman–Crippen LogP) is 1.47. The fourth-order valence-electron chi connectivity index (χ4n) is 3.06. The van der Waals surface area contributed by atoms with E-state index in [0.717, 1.165) is 29.9 Å². The van der Waals surface area contributed by atoms with Gasteiger partial charge in [0, 0.05) is 52.0 Å². The molecule has 0 aliphatic carbocycles. The van der Waals surface area contributed by atoms with E-state index in [2.05, 4.69) is 5.10 Å². The third kappa shape index (κ3) is 3.22. The molecule has 1 aliphatic heterocycles. The van der Waals surface area contributed by atoms with Gasteiger partial charge in [-0.25, -0.2) is 0 Å². The predicted molar refractivity (Wildman–Crippen MR) is 92.6 cm³/mol. The van der Waals surface area contributed by atoms with Gasteiger partial charge in [0.25, 0.3) is 10.2 Å². The molecule has 3 rings (SSSR count). The van der Waals surface area contributed by atoms with Crippen LogP contribution in [0.3, 0.4) is 0 Å². The summed E-state index contributed by atoms with van der Waals surface area (Å²) in [6.45, 7) is 1.06. The zero-order valence-corrected chi connectivity index (χ0v) is 15.1. The van der Waals surface area contributed by atoms with Crippen molar-refractivity contribution in [2.45, 2.75) is 18.8 Å². The van der Waals surface area contributed by atoms with Crippen LogP contribution < -0.4 is 0 Å². The number of nitrogens with zero attached hydrogens (tertiary/aromatic N) is 5. The van der Waals surface area contributed by atoms with Crippen molar-refractivity contribution >= 4 is 10.2 Å². The van der Waals surface area contributed by atoms with E-state index in [-0.39, 0.29) is 5.92 Å². The molecule has 2 aromatic heterocycles. The Labute approximate surface area is 143 Å². The summed E-state index contributed by atoms with van der Waals surface area (Å²) in [4.78, 5) is 4.78. The Bertz CT molecular complexity index is 807. The Balaban J connectivity index is 1.75. The smallest absolute Gasteiger partial charge is 0.266 e. The number of rotatable bonds is 4. The van der Waals surface area contributed by atoms with Crippen LogP contribution in [0.4, 0.5) is 0 Å². The lowest BCUT2D eigenvalue weighted by atomic mass is 9.94. The SMILES string of the molecule is CN(C)S(=O)(=O)N1CCC(c2cccc(-c3ccnn3C)n2)CC1. The lowest BCUT2D eigenvalue weighted by Crippen LogP contribution is -2.44. The summed E-state index contributed by atoms with van der Waals surface area (Å²) in [6, 6.07) is 7.96. The number of hydrogen-bond acceptors (Lipinski definition) is 4. The fraction of sp³-hybridized carbons (Fsp3) is 0.500. The van der Waals surface area contributed by atoms with Gasteiger partial charge in [0.2, 0.25) is 0 Å². The van der Waals surface area contributed by atoms with Crippen molar-refractivity contribution in [1.29, 1.82) is 0 Å². The van der Waals surface area contributed by atoms with E-state index in [1.807, 2.05) is 31.3 Å². The second kappa shape index (κ2) is 6.62. The molecule has 0 spiro atoms. The van der Waals surface area contributed by atoms with Crippen LogP contribution in [0, 0.1) is 0 Å². The molecule has 3 heterocycles. The van der Waals surface area contributed by atoms with E-state index in [4.69, 9.17) is 4.98 Å². The average molecular weight is 349 g/mol. The van der Waals surface area contributed by atoms with Crippen molar-refractivity contribution in [3.63, 3.8) is 0 Å². The Morgan fingerprint density at radius 3 is 2.46 bits per heavy atom. The molecule has 24 heavy (non-hydrogen) atoms. The zero-order chi connectivity index (χ0) is 17.3. The minimum absolute atomic E-state index is 0.284.